The van der Waals surface area contributed by atoms with Gasteiger partial charge in [-0.15, -0.1) is 0 Å². The fourth-order valence-electron chi connectivity index (χ4n) is 2.48. The monoisotopic (exact) mass is 292 g/mol. The lowest BCUT2D eigenvalue weighted by molar-refractivity contribution is 0.0695. The Balaban J connectivity index is 1.96. The number of piperidine rings is 1. The van der Waals surface area contributed by atoms with Gasteiger partial charge in [0, 0.05) is 18.3 Å². The molecule has 0 aromatic carbocycles. The Kier molecular flexibility index (Phi) is 5.56. The van der Waals surface area contributed by atoms with E-state index in [9.17, 15) is 4.79 Å². The van der Waals surface area contributed by atoms with Crippen LogP contribution in [0.1, 0.15) is 55.1 Å². The van der Waals surface area contributed by atoms with Gasteiger partial charge in [-0.25, -0.2) is 9.78 Å². The Morgan fingerprint density at radius 1 is 1.33 bits per heavy atom. The third kappa shape index (κ3) is 4.70. The number of carbonyl (C=O) groups is 1. The average Bonchev–Trinajstić information content (AvgIpc) is 2.48. The van der Waals surface area contributed by atoms with Gasteiger partial charge in [-0.1, -0.05) is 20.3 Å². The lowest BCUT2D eigenvalue weighted by Crippen LogP contribution is -2.33. The van der Waals surface area contributed by atoms with Crippen molar-refractivity contribution in [2.75, 3.05) is 26.2 Å². The van der Waals surface area contributed by atoms with Crippen LogP contribution in [0.5, 0.6) is 5.88 Å². The number of hydrogen-bond acceptors (Lipinski definition) is 4. The lowest BCUT2D eigenvalue weighted by Gasteiger charge is -2.26. The number of carboxylic acid groups (broad SMARTS) is 1. The normalized spacial score (nSPS) is 16.1. The summed E-state index contributed by atoms with van der Waals surface area (Å²) < 4.78 is 5.67. The minimum absolute atomic E-state index is 0.175. The van der Waals surface area contributed by atoms with E-state index in [-0.39, 0.29) is 11.5 Å². The van der Waals surface area contributed by atoms with Crippen LogP contribution in [0.4, 0.5) is 0 Å². The molecule has 0 bridgehead atoms. The molecule has 1 aliphatic heterocycles. The molecule has 1 fully saturated rings. The fourth-order valence-corrected chi connectivity index (χ4v) is 2.48. The lowest BCUT2D eigenvalue weighted by atomic mass is 10.1. The third-order valence-corrected chi connectivity index (χ3v) is 3.77. The van der Waals surface area contributed by atoms with Gasteiger partial charge in [0.15, 0.2) is 0 Å². The molecule has 0 spiro atoms. The number of carboxylic acids is 1. The zero-order valence-corrected chi connectivity index (χ0v) is 12.8. The summed E-state index contributed by atoms with van der Waals surface area (Å²) in [5, 5.41) is 9.15. The molecule has 2 rings (SSSR count). The first kappa shape index (κ1) is 15.8. The van der Waals surface area contributed by atoms with Crippen molar-refractivity contribution in [2.45, 2.75) is 39.0 Å². The maximum absolute atomic E-state index is 11.2. The summed E-state index contributed by atoms with van der Waals surface area (Å²) in [6, 6.07) is 3.12. The van der Waals surface area contributed by atoms with Gasteiger partial charge in [0.2, 0.25) is 5.88 Å². The Morgan fingerprint density at radius 2 is 2.05 bits per heavy atom. The number of aromatic nitrogens is 1. The first-order valence-electron chi connectivity index (χ1n) is 7.66. The zero-order chi connectivity index (χ0) is 15.2. The number of nitrogens with zero attached hydrogens (tertiary/aromatic N) is 2. The quantitative estimate of drug-likeness (QED) is 0.873. The highest BCUT2D eigenvalue weighted by Crippen LogP contribution is 2.19. The Labute approximate surface area is 125 Å². The van der Waals surface area contributed by atoms with E-state index in [2.05, 4.69) is 9.88 Å². The van der Waals surface area contributed by atoms with Crippen LogP contribution in [0.15, 0.2) is 12.1 Å². The molecule has 1 saturated heterocycles. The van der Waals surface area contributed by atoms with Gasteiger partial charge in [-0.2, -0.15) is 0 Å². The standard InChI is InChI=1S/C16H24N2O3/c1-12(2)14-10-13(16(19)20)11-15(17-14)21-9-8-18-6-4-3-5-7-18/h10-12H,3-9H2,1-2H3,(H,19,20). The molecule has 1 aromatic heterocycles. The molecular formula is C16H24N2O3. The van der Waals surface area contributed by atoms with E-state index < -0.39 is 5.97 Å². The van der Waals surface area contributed by atoms with Crippen LogP contribution in [-0.4, -0.2) is 47.2 Å². The third-order valence-electron chi connectivity index (χ3n) is 3.77. The van der Waals surface area contributed by atoms with Crippen molar-refractivity contribution < 1.29 is 14.6 Å². The van der Waals surface area contributed by atoms with Gasteiger partial charge < -0.3 is 9.84 Å². The molecule has 116 valence electrons. The van der Waals surface area contributed by atoms with Crippen LogP contribution in [0.25, 0.3) is 0 Å². The molecule has 1 N–H and O–H groups in total. The molecule has 5 heteroatoms. The Hall–Kier alpha value is -1.62. The summed E-state index contributed by atoms with van der Waals surface area (Å²) in [4.78, 5) is 17.9. The highest BCUT2D eigenvalue weighted by molar-refractivity contribution is 5.88. The molecule has 1 aromatic rings. The van der Waals surface area contributed by atoms with Crippen LogP contribution in [0.3, 0.4) is 0 Å². The number of hydrogen-bond donors (Lipinski definition) is 1. The molecule has 0 radical (unpaired) electrons. The zero-order valence-electron chi connectivity index (χ0n) is 12.8. The van der Waals surface area contributed by atoms with Crippen molar-refractivity contribution in [1.82, 2.24) is 9.88 Å². The van der Waals surface area contributed by atoms with Gasteiger partial charge in [0.1, 0.15) is 6.61 Å². The van der Waals surface area contributed by atoms with Crippen molar-refractivity contribution in [3.05, 3.63) is 23.4 Å². The molecule has 0 unspecified atom stereocenters. The molecule has 0 amide bonds. The summed E-state index contributed by atoms with van der Waals surface area (Å²) in [5.41, 5.74) is 0.990. The van der Waals surface area contributed by atoms with Gasteiger partial charge in [-0.3, -0.25) is 4.90 Å². The Bertz CT molecular complexity index is 482. The van der Waals surface area contributed by atoms with Crippen LogP contribution in [0.2, 0.25) is 0 Å². The van der Waals surface area contributed by atoms with E-state index in [1.165, 1.54) is 25.3 Å². The second-order valence-electron chi connectivity index (χ2n) is 5.83. The summed E-state index contributed by atoms with van der Waals surface area (Å²) in [6.45, 7) is 7.66. The molecule has 0 atom stereocenters. The summed E-state index contributed by atoms with van der Waals surface area (Å²) in [5.74, 6) is -0.357. The summed E-state index contributed by atoms with van der Waals surface area (Å²) >= 11 is 0. The molecule has 5 nitrogen and oxygen atoms in total. The number of likely N-dealkylation sites (tertiary alicyclic amines) is 1. The Morgan fingerprint density at radius 3 is 2.67 bits per heavy atom. The molecule has 21 heavy (non-hydrogen) atoms. The predicted molar refractivity (Wildman–Crippen MR) is 81.1 cm³/mol. The maximum atomic E-state index is 11.2. The largest absolute Gasteiger partial charge is 0.478 e. The smallest absolute Gasteiger partial charge is 0.335 e. The first-order chi connectivity index (χ1) is 10.1. The fraction of sp³-hybridized carbons (Fsp3) is 0.625. The van der Waals surface area contributed by atoms with E-state index in [1.807, 2.05) is 13.8 Å². The second kappa shape index (κ2) is 7.41. The van der Waals surface area contributed by atoms with Gasteiger partial charge >= 0.3 is 5.97 Å². The van der Waals surface area contributed by atoms with Crippen LogP contribution < -0.4 is 4.74 Å². The number of rotatable bonds is 6. The minimum Gasteiger partial charge on any atom is -0.478 e. The van der Waals surface area contributed by atoms with Crippen molar-refractivity contribution >= 4 is 5.97 Å². The highest BCUT2D eigenvalue weighted by atomic mass is 16.5. The van der Waals surface area contributed by atoms with Gasteiger partial charge in [0.05, 0.1) is 5.56 Å². The first-order valence-corrected chi connectivity index (χ1v) is 7.66. The van der Waals surface area contributed by atoms with E-state index in [1.54, 1.807) is 6.07 Å². The van der Waals surface area contributed by atoms with Crippen molar-refractivity contribution in [3.8, 4) is 5.88 Å². The van der Waals surface area contributed by atoms with Crippen molar-refractivity contribution in [2.24, 2.45) is 0 Å². The van der Waals surface area contributed by atoms with Gasteiger partial charge in [-0.05, 0) is 37.9 Å². The predicted octanol–water partition coefficient (Wildman–Crippen LogP) is 2.77. The van der Waals surface area contributed by atoms with Crippen LogP contribution >= 0.6 is 0 Å². The molecule has 1 aliphatic rings. The molecule has 0 aliphatic carbocycles. The molecule has 2 heterocycles. The highest BCUT2D eigenvalue weighted by Gasteiger charge is 2.13. The summed E-state index contributed by atoms with van der Waals surface area (Å²) in [7, 11) is 0. The van der Waals surface area contributed by atoms with Crippen molar-refractivity contribution in [1.29, 1.82) is 0 Å². The van der Waals surface area contributed by atoms with Gasteiger partial charge in [0.25, 0.3) is 0 Å². The van der Waals surface area contributed by atoms with E-state index in [4.69, 9.17) is 9.84 Å². The SMILES string of the molecule is CC(C)c1cc(C(=O)O)cc(OCCN2CCCCC2)n1. The second-order valence-corrected chi connectivity index (χ2v) is 5.83. The number of pyridine rings is 1. The topological polar surface area (TPSA) is 62.7 Å². The number of aromatic carboxylic acids is 1. The average molecular weight is 292 g/mol. The van der Waals surface area contributed by atoms with E-state index in [0.717, 1.165) is 25.3 Å². The summed E-state index contributed by atoms with van der Waals surface area (Å²) in [6.07, 6.45) is 3.83. The van der Waals surface area contributed by atoms with Crippen molar-refractivity contribution in [3.63, 3.8) is 0 Å². The molecule has 0 saturated carbocycles. The van der Waals surface area contributed by atoms with E-state index >= 15 is 0 Å². The minimum atomic E-state index is -0.944. The van der Waals surface area contributed by atoms with Crippen LogP contribution in [-0.2, 0) is 0 Å². The maximum Gasteiger partial charge on any atom is 0.335 e. The molecular weight excluding hydrogens is 268 g/mol. The van der Waals surface area contributed by atoms with Crippen LogP contribution in [0, 0.1) is 0 Å². The number of ether oxygens (including phenoxy) is 1. The van der Waals surface area contributed by atoms with E-state index in [0.29, 0.717) is 12.5 Å².